The highest BCUT2D eigenvalue weighted by molar-refractivity contribution is 5.80. The molecule has 2 heteroatoms. The average Bonchev–Trinajstić information content (AvgIpc) is 3.18. The van der Waals surface area contributed by atoms with Crippen molar-refractivity contribution in [1.29, 1.82) is 0 Å². The van der Waals surface area contributed by atoms with E-state index in [0.717, 1.165) is 6.42 Å². The van der Waals surface area contributed by atoms with Crippen molar-refractivity contribution in [2.45, 2.75) is 51.9 Å². The fourth-order valence-corrected chi connectivity index (χ4v) is 3.71. The van der Waals surface area contributed by atoms with Gasteiger partial charge in [0.2, 0.25) is 0 Å². The molecule has 0 saturated heterocycles. The van der Waals surface area contributed by atoms with E-state index in [1.165, 1.54) is 33.2 Å². The molecule has 0 saturated carbocycles. The van der Waals surface area contributed by atoms with Crippen molar-refractivity contribution in [1.82, 2.24) is 9.38 Å². The van der Waals surface area contributed by atoms with Gasteiger partial charge >= 0.3 is 0 Å². The summed E-state index contributed by atoms with van der Waals surface area (Å²) < 4.78 is 2.28. The predicted molar refractivity (Wildman–Crippen MR) is 111 cm³/mol. The number of hydrogen-bond donors (Lipinski definition) is 1. The number of aromatic amines is 1. The molecule has 0 aliphatic rings. The van der Waals surface area contributed by atoms with Gasteiger partial charge < -0.3 is 9.38 Å². The lowest BCUT2D eigenvalue weighted by molar-refractivity contribution is 0.508. The van der Waals surface area contributed by atoms with Crippen LogP contribution >= 0.6 is 0 Å². The average molecular weight is 345 g/mol. The third kappa shape index (κ3) is 3.05. The van der Waals surface area contributed by atoms with Crippen molar-refractivity contribution < 1.29 is 0 Å². The summed E-state index contributed by atoms with van der Waals surface area (Å²) in [5.74, 6) is 0. The smallest absolute Gasteiger partial charge is 0.0456 e. The SMILES string of the molecule is CC(C)(C)c1cc2ccc(CC(C)(C)c3cc4ccccc4[nH]3)cn2c1. The van der Waals surface area contributed by atoms with Gasteiger partial charge in [-0.05, 0) is 52.6 Å². The van der Waals surface area contributed by atoms with Crippen LogP contribution in [0, 0.1) is 0 Å². The molecule has 26 heavy (non-hydrogen) atoms. The van der Waals surface area contributed by atoms with Crippen molar-refractivity contribution in [2.75, 3.05) is 0 Å². The normalized spacial score (nSPS) is 13.0. The third-order valence-corrected chi connectivity index (χ3v) is 5.42. The number of benzene rings is 1. The minimum absolute atomic E-state index is 0.0483. The molecule has 3 aromatic heterocycles. The largest absolute Gasteiger partial charge is 0.358 e. The first-order valence-electron chi connectivity index (χ1n) is 9.42. The molecule has 0 fully saturated rings. The molecule has 0 bridgehead atoms. The van der Waals surface area contributed by atoms with Crippen LogP contribution in [0.4, 0.5) is 0 Å². The van der Waals surface area contributed by atoms with Crippen LogP contribution in [-0.2, 0) is 17.3 Å². The van der Waals surface area contributed by atoms with Gasteiger partial charge in [0, 0.05) is 34.5 Å². The van der Waals surface area contributed by atoms with Gasteiger partial charge in [-0.3, -0.25) is 0 Å². The summed E-state index contributed by atoms with van der Waals surface area (Å²) in [5, 5.41) is 1.28. The fraction of sp³-hybridized carbons (Fsp3) is 0.333. The summed E-state index contributed by atoms with van der Waals surface area (Å²) in [7, 11) is 0. The van der Waals surface area contributed by atoms with Crippen molar-refractivity contribution in [3.8, 4) is 0 Å². The Bertz CT molecular complexity index is 1040. The Morgan fingerprint density at radius 3 is 2.38 bits per heavy atom. The lowest BCUT2D eigenvalue weighted by Crippen LogP contribution is -2.21. The van der Waals surface area contributed by atoms with Gasteiger partial charge in [0.15, 0.2) is 0 Å². The third-order valence-electron chi connectivity index (χ3n) is 5.42. The highest BCUT2D eigenvalue weighted by atomic mass is 14.9. The van der Waals surface area contributed by atoms with Crippen molar-refractivity contribution >= 4 is 16.4 Å². The fourth-order valence-electron chi connectivity index (χ4n) is 3.71. The molecule has 0 unspecified atom stereocenters. The van der Waals surface area contributed by atoms with Crippen LogP contribution in [0.2, 0.25) is 0 Å². The van der Waals surface area contributed by atoms with Crippen LogP contribution in [0.5, 0.6) is 0 Å². The molecule has 3 heterocycles. The van der Waals surface area contributed by atoms with Gasteiger partial charge in [-0.25, -0.2) is 0 Å². The van der Waals surface area contributed by atoms with Crippen LogP contribution in [0.1, 0.15) is 51.4 Å². The predicted octanol–water partition coefficient (Wildman–Crippen LogP) is 6.24. The second kappa shape index (κ2) is 5.77. The molecular formula is C24H28N2. The summed E-state index contributed by atoms with van der Waals surface area (Å²) in [6.07, 6.45) is 5.56. The van der Waals surface area contributed by atoms with Crippen LogP contribution < -0.4 is 0 Å². The van der Waals surface area contributed by atoms with E-state index in [9.17, 15) is 0 Å². The summed E-state index contributed by atoms with van der Waals surface area (Å²) in [5.41, 5.74) is 6.74. The molecule has 0 amide bonds. The van der Waals surface area contributed by atoms with E-state index in [-0.39, 0.29) is 10.8 Å². The van der Waals surface area contributed by atoms with E-state index in [1.807, 2.05) is 0 Å². The summed E-state index contributed by atoms with van der Waals surface area (Å²) in [6.45, 7) is 11.4. The molecular weight excluding hydrogens is 316 g/mol. The minimum atomic E-state index is 0.0483. The lowest BCUT2D eigenvalue weighted by atomic mass is 9.83. The molecule has 2 nitrogen and oxygen atoms in total. The highest BCUT2D eigenvalue weighted by Gasteiger charge is 2.24. The zero-order chi connectivity index (χ0) is 18.5. The maximum atomic E-state index is 3.61. The van der Waals surface area contributed by atoms with E-state index < -0.39 is 0 Å². The second-order valence-electron chi connectivity index (χ2n) is 9.18. The van der Waals surface area contributed by atoms with Crippen LogP contribution in [0.25, 0.3) is 16.4 Å². The minimum Gasteiger partial charge on any atom is -0.358 e. The van der Waals surface area contributed by atoms with E-state index in [4.69, 9.17) is 0 Å². The lowest BCUT2D eigenvalue weighted by Gasteiger charge is -2.23. The maximum Gasteiger partial charge on any atom is 0.0456 e. The van der Waals surface area contributed by atoms with Gasteiger partial charge in [0.1, 0.15) is 0 Å². The molecule has 0 radical (unpaired) electrons. The number of hydrogen-bond acceptors (Lipinski definition) is 0. The Hall–Kier alpha value is -2.48. The number of nitrogens with one attached hydrogen (secondary N) is 1. The van der Waals surface area contributed by atoms with E-state index >= 15 is 0 Å². The van der Waals surface area contributed by atoms with Crippen molar-refractivity contribution in [2.24, 2.45) is 0 Å². The number of pyridine rings is 1. The van der Waals surface area contributed by atoms with Gasteiger partial charge in [0.05, 0.1) is 0 Å². The molecule has 0 atom stereocenters. The number of nitrogens with zero attached hydrogens (tertiary/aromatic N) is 1. The Kier molecular flexibility index (Phi) is 3.76. The first-order valence-corrected chi connectivity index (χ1v) is 9.42. The van der Waals surface area contributed by atoms with Gasteiger partial charge in [-0.15, -0.1) is 0 Å². The maximum absolute atomic E-state index is 3.61. The Labute approximate surface area is 155 Å². The first kappa shape index (κ1) is 17.0. The number of aromatic nitrogens is 2. The zero-order valence-corrected chi connectivity index (χ0v) is 16.4. The quantitative estimate of drug-likeness (QED) is 0.454. The second-order valence-corrected chi connectivity index (χ2v) is 9.18. The number of fused-ring (bicyclic) bond motifs is 2. The Morgan fingerprint density at radius 1 is 0.885 bits per heavy atom. The topological polar surface area (TPSA) is 20.2 Å². The van der Waals surface area contributed by atoms with E-state index in [1.54, 1.807) is 0 Å². The number of rotatable bonds is 3. The molecule has 4 rings (SSSR count). The van der Waals surface area contributed by atoms with Crippen molar-refractivity contribution in [3.63, 3.8) is 0 Å². The van der Waals surface area contributed by atoms with Crippen LogP contribution in [0.3, 0.4) is 0 Å². The molecule has 1 aromatic carbocycles. The summed E-state index contributed by atoms with van der Waals surface area (Å²) in [6, 6.07) is 17.6. The summed E-state index contributed by atoms with van der Waals surface area (Å²) >= 11 is 0. The summed E-state index contributed by atoms with van der Waals surface area (Å²) in [4.78, 5) is 3.61. The first-order chi connectivity index (χ1) is 12.2. The zero-order valence-electron chi connectivity index (χ0n) is 16.4. The van der Waals surface area contributed by atoms with Crippen LogP contribution in [-0.4, -0.2) is 9.38 Å². The highest BCUT2D eigenvalue weighted by Crippen LogP contribution is 2.31. The Morgan fingerprint density at radius 2 is 1.65 bits per heavy atom. The standard InChI is InChI=1S/C24H28N2/c1-23(2,3)19-13-20-11-10-17(15-26(20)16-19)14-24(4,5)22-12-18-8-6-7-9-21(18)25-22/h6-13,15-16,25H,14H2,1-5H3. The molecule has 0 aliphatic heterocycles. The molecule has 0 aliphatic carbocycles. The van der Waals surface area contributed by atoms with Crippen molar-refractivity contribution in [3.05, 3.63) is 77.7 Å². The molecule has 1 N–H and O–H groups in total. The Balaban J connectivity index is 1.66. The molecule has 0 spiro atoms. The van der Waals surface area contributed by atoms with E-state index in [0.29, 0.717) is 0 Å². The van der Waals surface area contributed by atoms with Crippen LogP contribution in [0.15, 0.2) is 60.9 Å². The monoisotopic (exact) mass is 344 g/mol. The molecule has 134 valence electrons. The van der Waals surface area contributed by atoms with E-state index in [2.05, 4.69) is 105 Å². The van der Waals surface area contributed by atoms with Gasteiger partial charge in [0.25, 0.3) is 0 Å². The number of para-hydroxylation sites is 1. The van der Waals surface area contributed by atoms with Gasteiger partial charge in [-0.1, -0.05) is 58.9 Å². The number of H-pyrrole nitrogens is 1. The van der Waals surface area contributed by atoms with Gasteiger partial charge in [-0.2, -0.15) is 0 Å². The molecule has 4 aromatic rings.